The summed E-state index contributed by atoms with van der Waals surface area (Å²) in [5.74, 6) is -1.23. The molecular formula is C11H14N2O3. The molecule has 1 atom stereocenters. The first-order valence-corrected chi connectivity index (χ1v) is 4.98. The molecule has 5 heteroatoms. The van der Waals surface area contributed by atoms with Gasteiger partial charge in [0.15, 0.2) is 0 Å². The van der Waals surface area contributed by atoms with Gasteiger partial charge in [-0.1, -0.05) is 6.92 Å². The molecule has 0 saturated heterocycles. The van der Waals surface area contributed by atoms with Gasteiger partial charge in [-0.25, -0.2) is 4.79 Å². The van der Waals surface area contributed by atoms with E-state index in [0.717, 1.165) is 0 Å². The van der Waals surface area contributed by atoms with E-state index < -0.39 is 11.9 Å². The Morgan fingerprint density at radius 1 is 1.56 bits per heavy atom. The lowest BCUT2D eigenvalue weighted by atomic mass is 10.1. The van der Waals surface area contributed by atoms with Crippen LogP contribution in [0.25, 0.3) is 0 Å². The number of hydrogen-bond donors (Lipinski definition) is 1. The van der Waals surface area contributed by atoms with Crippen LogP contribution < -0.4 is 5.73 Å². The van der Waals surface area contributed by atoms with Crippen molar-refractivity contribution in [2.45, 2.75) is 13.3 Å². The molecule has 0 aliphatic rings. The van der Waals surface area contributed by atoms with Gasteiger partial charge in [0.25, 0.3) is 0 Å². The lowest BCUT2D eigenvalue weighted by Gasteiger charge is -2.06. The van der Waals surface area contributed by atoms with Crippen LogP contribution in [0.15, 0.2) is 24.5 Å². The minimum atomic E-state index is -0.678. The minimum absolute atomic E-state index is 0.00852. The fourth-order valence-electron chi connectivity index (χ4n) is 1.06. The Hall–Kier alpha value is -1.75. The maximum Gasteiger partial charge on any atom is 0.347 e. The number of nitrogens with two attached hydrogens (primary N) is 1. The van der Waals surface area contributed by atoms with Crippen molar-refractivity contribution in [1.82, 2.24) is 4.98 Å². The summed E-state index contributed by atoms with van der Waals surface area (Å²) >= 11 is 0. The molecule has 86 valence electrons. The molecule has 0 aliphatic carbocycles. The molecule has 0 bridgehead atoms. The van der Waals surface area contributed by atoms with Crippen LogP contribution in [-0.4, -0.2) is 23.5 Å². The third-order valence-electron chi connectivity index (χ3n) is 2.02. The third kappa shape index (κ3) is 3.78. The largest absolute Gasteiger partial charge is 0.389 e. The highest BCUT2D eigenvalue weighted by Crippen LogP contribution is 2.04. The van der Waals surface area contributed by atoms with E-state index in [-0.39, 0.29) is 17.9 Å². The number of pyridine rings is 1. The molecule has 0 spiro atoms. The highest BCUT2D eigenvalue weighted by molar-refractivity contribution is 5.96. The first kappa shape index (κ1) is 12.3. The first-order valence-electron chi connectivity index (χ1n) is 4.98. The highest BCUT2D eigenvalue weighted by atomic mass is 16.6. The predicted molar refractivity (Wildman–Crippen MR) is 57.5 cm³/mol. The molecule has 1 aromatic heterocycles. The first-order chi connectivity index (χ1) is 7.63. The Balaban J connectivity index is 2.49. The van der Waals surface area contributed by atoms with E-state index in [0.29, 0.717) is 6.54 Å². The van der Waals surface area contributed by atoms with Crippen LogP contribution in [0.1, 0.15) is 23.7 Å². The molecule has 0 unspecified atom stereocenters. The van der Waals surface area contributed by atoms with Gasteiger partial charge in [0, 0.05) is 18.8 Å². The molecule has 0 fully saturated rings. The van der Waals surface area contributed by atoms with E-state index in [1.807, 2.05) is 6.92 Å². The summed E-state index contributed by atoms with van der Waals surface area (Å²) in [5, 5.41) is 0. The number of aromatic nitrogens is 1. The van der Waals surface area contributed by atoms with Gasteiger partial charge in [0.05, 0.1) is 5.56 Å². The lowest BCUT2D eigenvalue weighted by Crippen LogP contribution is -2.19. The van der Waals surface area contributed by atoms with E-state index in [2.05, 4.69) is 9.72 Å². The van der Waals surface area contributed by atoms with Gasteiger partial charge in [-0.15, -0.1) is 0 Å². The third-order valence-corrected chi connectivity index (χ3v) is 2.02. The molecule has 1 heterocycles. The van der Waals surface area contributed by atoms with E-state index in [1.54, 1.807) is 6.07 Å². The monoisotopic (exact) mass is 222 g/mol. The van der Waals surface area contributed by atoms with Gasteiger partial charge in [-0.05, 0) is 24.6 Å². The number of nitrogens with zero attached hydrogens (tertiary/aromatic N) is 1. The van der Waals surface area contributed by atoms with Gasteiger partial charge in [0.1, 0.15) is 0 Å². The zero-order chi connectivity index (χ0) is 12.0. The molecule has 5 nitrogen and oxygen atoms in total. The molecule has 1 rings (SSSR count). The number of esters is 2. The van der Waals surface area contributed by atoms with Crippen LogP contribution in [-0.2, 0) is 9.53 Å². The maximum atomic E-state index is 11.4. The van der Waals surface area contributed by atoms with Gasteiger partial charge in [0.2, 0.25) is 0 Å². The average Bonchev–Trinajstić information content (AvgIpc) is 2.29. The molecule has 1 aromatic rings. The molecular weight excluding hydrogens is 208 g/mol. The van der Waals surface area contributed by atoms with E-state index in [4.69, 9.17) is 5.73 Å². The Morgan fingerprint density at radius 3 is 2.88 bits per heavy atom. The zero-order valence-corrected chi connectivity index (χ0v) is 9.05. The minimum Gasteiger partial charge on any atom is -0.389 e. The Bertz CT molecular complexity index is 365. The van der Waals surface area contributed by atoms with Crippen LogP contribution in [0, 0.1) is 5.92 Å². The van der Waals surface area contributed by atoms with Gasteiger partial charge in [-0.2, -0.15) is 0 Å². The van der Waals surface area contributed by atoms with E-state index in [1.165, 1.54) is 18.5 Å². The predicted octanol–water partition coefficient (Wildman–Crippen LogP) is 0.750. The summed E-state index contributed by atoms with van der Waals surface area (Å²) in [6.07, 6.45) is 3.03. The number of ether oxygens (including phenoxy) is 1. The fourth-order valence-corrected chi connectivity index (χ4v) is 1.06. The number of carbonyl (C=O) groups excluding carboxylic acids is 2. The Labute approximate surface area is 93.6 Å². The average molecular weight is 222 g/mol. The molecule has 0 aromatic carbocycles. The number of carbonyl (C=O) groups is 2. The second-order valence-corrected chi connectivity index (χ2v) is 3.55. The quantitative estimate of drug-likeness (QED) is 0.600. The molecule has 0 radical (unpaired) electrons. The van der Waals surface area contributed by atoms with Crippen molar-refractivity contribution >= 4 is 11.9 Å². The Morgan fingerprint density at radius 2 is 2.31 bits per heavy atom. The van der Waals surface area contributed by atoms with Crippen LogP contribution >= 0.6 is 0 Å². The number of rotatable bonds is 4. The summed E-state index contributed by atoms with van der Waals surface area (Å²) in [5.41, 5.74) is 5.62. The molecule has 0 aliphatic heterocycles. The second kappa shape index (κ2) is 5.97. The van der Waals surface area contributed by atoms with Gasteiger partial charge < -0.3 is 10.5 Å². The second-order valence-electron chi connectivity index (χ2n) is 3.55. The molecule has 0 amide bonds. The van der Waals surface area contributed by atoms with Crippen LogP contribution in [0.3, 0.4) is 0 Å². The van der Waals surface area contributed by atoms with E-state index in [9.17, 15) is 9.59 Å². The van der Waals surface area contributed by atoms with Crippen molar-refractivity contribution in [3.05, 3.63) is 30.1 Å². The van der Waals surface area contributed by atoms with Crippen LogP contribution in [0.2, 0.25) is 0 Å². The van der Waals surface area contributed by atoms with Crippen molar-refractivity contribution in [2.75, 3.05) is 6.54 Å². The van der Waals surface area contributed by atoms with Crippen LogP contribution in [0.5, 0.6) is 0 Å². The topological polar surface area (TPSA) is 82.3 Å². The smallest absolute Gasteiger partial charge is 0.347 e. The molecule has 0 saturated carbocycles. The lowest BCUT2D eigenvalue weighted by molar-refractivity contribution is -0.138. The maximum absolute atomic E-state index is 11.4. The van der Waals surface area contributed by atoms with E-state index >= 15 is 0 Å². The van der Waals surface area contributed by atoms with Crippen molar-refractivity contribution < 1.29 is 14.3 Å². The summed E-state index contributed by atoms with van der Waals surface area (Å²) in [6, 6.07) is 3.14. The van der Waals surface area contributed by atoms with Crippen molar-refractivity contribution in [1.29, 1.82) is 0 Å². The van der Waals surface area contributed by atoms with Crippen LogP contribution in [0.4, 0.5) is 0 Å². The van der Waals surface area contributed by atoms with Crippen molar-refractivity contribution in [2.24, 2.45) is 11.7 Å². The SMILES string of the molecule is C[C@H](CN)CC(=O)OC(=O)c1cccnc1. The Kier molecular flexibility index (Phi) is 4.60. The summed E-state index contributed by atoms with van der Waals surface area (Å²) in [4.78, 5) is 26.4. The highest BCUT2D eigenvalue weighted by Gasteiger charge is 2.15. The molecule has 2 N–H and O–H groups in total. The summed E-state index contributed by atoms with van der Waals surface area (Å²) in [6.45, 7) is 2.20. The number of hydrogen-bond acceptors (Lipinski definition) is 5. The van der Waals surface area contributed by atoms with Gasteiger partial charge >= 0.3 is 11.9 Å². The summed E-state index contributed by atoms with van der Waals surface area (Å²) < 4.78 is 4.64. The normalized spacial score (nSPS) is 11.9. The zero-order valence-electron chi connectivity index (χ0n) is 9.05. The fraction of sp³-hybridized carbons (Fsp3) is 0.364. The van der Waals surface area contributed by atoms with Gasteiger partial charge in [-0.3, -0.25) is 9.78 Å². The summed E-state index contributed by atoms with van der Waals surface area (Å²) in [7, 11) is 0. The van der Waals surface area contributed by atoms with Crippen molar-refractivity contribution in [3.8, 4) is 0 Å². The van der Waals surface area contributed by atoms with Crippen molar-refractivity contribution in [3.63, 3.8) is 0 Å². The standard InChI is InChI=1S/C11H14N2O3/c1-8(6-12)5-10(14)16-11(15)9-3-2-4-13-7-9/h2-4,7-8H,5-6,12H2,1H3/t8-/m0/s1. The molecule has 16 heavy (non-hydrogen) atoms.